The normalized spacial score (nSPS) is 41.0. The summed E-state index contributed by atoms with van der Waals surface area (Å²) in [4.78, 5) is 0. The van der Waals surface area contributed by atoms with Gasteiger partial charge in [-0.25, -0.2) is 0 Å². The Kier molecular flexibility index (Phi) is 2.99. The van der Waals surface area contributed by atoms with Crippen LogP contribution in [0.4, 0.5) is 0 Å². The fraction of sp³-hybridized carbons (Fsp3) is 0.667. The summed E-state index contributed by atoms with van der Waals surface area (Å²) in [7, 11) is 0.162. The van der Waals surface area contributed by atoms with E-state index in [4.69, 9.17) is 0 Å². The number of aryl methyl sites for hydroxylation is 1. The molecule has 0 radical (unpaired) electrons. The highest BCUT2D eigenvalue weighted by Gasteiger charge is 2.62. The maximum atomic E-state index is 2.45. The average Bonchev–Trinajstić information content (AvgIpc) is 2.41. The molecular formula is C18H25P. The molecule has 0 amide bonds. The van der Waals surface area contributed by atoms with Crippen molar-refractivity contribution in [3.63, 3.8) is 0 Å². The Labute approximate surface area is 118 Å². The van der Waals surface area contributed by atoms with E-state index in [2.05, 4.69) is 31.2 Å². The monoisotopic (exact) mass is 272 g/mol. The van der Waals surface area contributed by atoms with Crippen molar-refractivity contribution in [2.24, 2.45) is 5.41 Å². The molecule has 3 fully saturated rings. The van der Waals surface area contributed by atoms with Crippen molar-refractivity contribution in [1.82, 2.24) is 0 Å². The lowest BCUT2D eigenvalue weighted by Crippen LogP contribution is -2.59. The van der Waals surface area contributed by atoms with E-state index in [1.807, 2.05) is 0 Å². The van der Waals surface area contributed by atoms with E-state index < -0.39 is 0 Å². The molecule has 1 aromatic carbocycles. The molecule has 4 rings (SSSR count). The van der Waals surface area contributed by atoms with Gasteiger partial charge in [0.05, 0.1) is 0 Å². The van der Waals surface area contributed by atoms with Gasteiger partial charge in [-0.3, -0.25) is 0 Å². The molecule has 1 saturated heterocycles. The third-order valence-corrected chi connectivity index (χ3v) is 10.1. The third-order valence-electron chi connectivity index (χ3n) is 6.13. The molecule has 1 heterocycles. The highest BCUT2D eigenvalue weighted by Crippen LogP contribution is 2.76. The zero-order valence-electron chi connectivity index (χ0n) is 12.1. The molecule has 102 valence electrons. The molecule has 2 atom stereocenters. The summed E-state index contributed by atoms with van der Waals surface area (Å²) in [5.74, 6) is 0. The molecular weight excluding hydrogens is 247 g/mol. The van der Waals surface area contributed by atoms with E-state index in [9.17, 15) is 0 Å². The first-order valence-corrected chi connectivity index (χ1v) is 9.65. The van der Waals surface area contributed by atoms with Crippen LogP contribution in [0.5, 0.6) is 0 Å². The van der Waals surface area contributed by atoms with Crippen molar-refractivity contribution in [3.8, 4) is 0 Å². The fourth-order valence-electron chi connectivity index (χ4n) is 5.33. The van der Waals surface area contributed by atoms with Crippen LogP contribution in [0.3, 0.4) is 0 Å². The van der Waals surface area contributed by atoms with Crippen LogP contribution in [-0.4, -0.2) is 11.3 Å². The second-order valence-electron chi connectivity index (χ2n) is 6.95. The maximum absolute atomic E-state index is 2.45. The van der Waals surface area contributed by atoms with Crippen molar-refractivity contribution in [3.05, 3.63) is 29.8 Å². The molecule has 1 spiro atoms. The molecule has 0 bridgehead atoms. The zero-order valence-corrected chi connectivity index (χ0v) is 13.0. The van der Waals surface area contributed by atoms with Crippen molar-refractivity contribution < 1.29 is 0 Å². The summed E-state index contributed by atoms with van der Waals surface area (Å²) in [6.45, 7) is 2.34. The number of hydrogen-bond acceptors (Lipinski definition) is 0. The minimum absolute atomic E-state index is 0.162. The van der Waals surface area contributed by atoms with Gasteiger partial charge in [-0.05, 0) is 60.2 Å². The second-order valence-corrected chi connectivity index (χ2v) is 9.49. The lowest BCUT2D eigenvalue weighted by atomic mass is 9.63. The third kappa shape index (κ3) is 1.69. The number of rotatable bonds is 1. The summed E-state index contributed by atoms with van der Waals surface area (Å²) in [5, 5.41) is 1.76. The van der Waals surface area contributed by atoms with Gasteiger partial charge >= 0.3 is 0 Å². The Hall–Kier alpha value is -0.350. The van der Waals surface area contributed by atoms with Gasteiger partial charge in [-0.15, -0.1) is 0 Å². The summed E-state index contributed by atoms with van der Waals surface area (Å²) in [6.07, 6.45) is 12.2. The van der Waals surface area contributed by atoms with Gasteiger partial charge in [0, 0.05) is 0 Å². The Balaban J connectivity index is 1.72. The van der Waals surface area contributed by atoms with Crippen LogP contribution in [0.2, 0.25) is 0 Å². The van der Waals surface area contributed by atoms with Crippen molar-refractivity contribution in [2.75, 3.05) is 0 Å². The van der Waals surface area contributed by atoms with E-state index in [-0.39, 0.29) is 7.92 Å². The molecule has 0 nitrogen and oxygen atoms in total. The Morgan fingerprint density at radius 1 is 0.947 bits per heavy atom. The van der Waals surface area contributed by atoms with Crippen LogP contribution in [0, 0.1) is 12.3 Å². The first-order chi connectivity index (χ1) is 9.33. The quantitative estimate of drug-likeness (QED) is 0.632. The lowest BCUT2D eigenvalue weighted by molar-refractivity contribution is 0.107. The smallest absolute Gasteiger partial charge is 0.0103 e. The van der Waals surface area contributed by atoms with Gasteiger partial charge < -0.3 is 0 Å². The Morgan fingerprint density at radius 3 is 2.21 bits per heavy atom. The molecule has 2 saturated carbocycles. The van der Waals surface area contributed by atoms with Crippen molar-refractivity contribution >= 4 is 13.2 Å². The molecule has 0 aromatic heterocycles. The van der Waals surface area contributed by atoms with Crippen LogP contribution >= 0.6 is 7.92 Å². The Bertz CT molecular complexity index is 456. The minimum atomic E-state index is 0.162. The molecule has 0 N–H and O–H groups in total. The predicted octanol–water partition coefficient (Wildman–Crippen LogP) is 4.99. The average molecular weight is 272 g/mol. The molecule has 1 heteroatoms. The molecule has 1 aromatic rings. The maximum Gasteiger partial charge on any atom is -0.0103 e. The summed E-state index contributed by atoms with van der Waals surface area (Å²) in [6, 6.07) is 9.27. The predicted molar refractivity (Wildman–Crippen MR) is 84.7 cm³/mol. The van der Waals surface area contributed by atoms with Gasteiger partial charge in [0.2, 0.25) is 0 Å². The molecule has 19 heavy (non-hydrogen) atoms. The minimum Gasteiger partial charge on any atom is -0.0675 e. The van der Waals surface area contributed by atoms with E-state index in [1.54, 1.807) is 23.7 Å². The lowest BCUT2D eigenvalue weighted by Gasteiger charge is -2.67. The molecule has 2 unspecified atom stereocenters. The molecule has 3 aliphatic rings. The van der Waals surface area contributed by atoms with Crippen LogP contribution in [-0.2, 0) is 0 Å². The first-order valence-electron chi connectivity index (χ1n) is 8.17. The number of benzene rings is 1. The second kappa shape index (κ2) is 4.59. The summed E-state index contributed by atoms with van der Waals surface area (Å²) < 4.78 is 0. The fourth-order valence-corrected chi connectivity index (χ4v) is 9.83. The standard InChI is InChI=1S/C18H25P/c1-14-8-2-3-9-15(14)19-16-10-4-6-12-18(16)13-7-5-11-17(18)19/h2-3,8-9,16-17H,4-7,10-13H2,1H3. The van der Waals surface area contributed by atoms with E-state index >= 15 is 0 Å². The summed E-state index contributed by atoms with van der Waals surface area (Å²) >= 11 is 0. The van der Waals surface area contributed by atoms with Gasteiger partial charge in [0.1, 0.15) is 0 Å². The highest BCUT2D eigenvalue weighted by atomic mass is 31.1. The van der Waals surface area contributed by atoms with Crippen molar-refractivity contribution in [1.29, 1.82) is 0 Å². The van der Waals surface area contributed by atoms with Gasteiger partial charge in [-0.2, -0.15) is 0 Å². The first kappa shape index (κ1) is 12.4. The van der Waals surface area contributed by atoms with Crippen LogP contribution in [0.25, 0.3) is 0 Å². The van der Waals surface area contributed by atoms with Gasteiger partial charge in [0.15, 0.2) is 0 Å². The van der Waals surface area contributed by atoms with E-state index in [0.29, 0.717) is 0 Å². The van der Waals surface area contributed by atoms with Gasteiger partial charge in [-0.1, -0.05) is 57.9 Å². The van der Waals surface area contributed by atoms with Crippen LogP contribution in [0.15, 0.2) is 24.3 Å². The van der Waals surface area contributed by atoms with Gasteiger partial charge in [0.25, 0.3) is 0 Å². The van der Waals surface area contributed by atoms with Crippen LogP contribution in [0.1, 0.15) is 56.9 Å². The SMILES string of the molecule is Cc1ccccc1P1C2CCCCC23CCCCC13. The van der Waals surface area contributed by atoms with E-state index in [1.165, 1.54) is 38.5 Å². The zero-order chi connectivity index (χ0) is 12.9. The van der Waals surface area contributed by atoms with E-state index in [0.717, 1.165) is 16.7 Å². The molecule has 2 aliphatic carbocycles. The van der Waals surface area contributed by atoms with Crippen LogP contribution < -0.4 is 5.30 Å². The Morgan fingerprint density at radius 2 is 1.58 bits per heavy atom. The topological polar surface area (TPSA) is 0 Å². The van der Waals surface area contributed by atoms with Crippen molar-refractivity contribution in [2.45, 2.75) is 69.6 Å². The number of hydrogen-bond donors (Lipinski definition) is 0. The largest absolute Gasteiger partial charge is 0.0675 e. The summed E-state index contributed by atoms with van der Waals surface area (Å²) in [5.41, 5.74) is 4.55. The highest BCUT2D eigenvalue weighted by molar-refractivity contribution is 7.68. The molecule has 1 aliphatic heterocycles.